The Hall–Kier alpha value is -1.10. The molecule has 4 nitrogen and oxygen atoms in total. The summed E-state index contributed by atoms with van der Waals surface area (Å²) in [4.78, 5) is 10.5. The molecule has 1 fully saturated rings. The minimum atomic E-state index is -0.358. The highest BCUT2D eigenvalue weighted by molar-refractivity contribution is 9.10. The molecule has 19 heavy (non-hydrogen) atoms. The van der Waals surface area contributed by atoms with Crippen molar-refractivity contribution in [3.8, 4) is 0 Å². The van der Waals surface area contributed by atoms with Crippen LogP contribution in [-0.2, 0) is 0 Å². The molecule has 0 saturated heterocycles. The topological polar surface area (TPSA) is 55.2 Å². The molecule has 104 valence electrons. The minimum Gasteiger partial charge on any atom is -0.381 e. The van der Waals surface area contributed by atoms with Crippen molar-refractivity contribution in [2.24, 2.45) is 5.92 Å². The molecule has 0 heterocycles. The van der Waals surface area contributed by atoms with Crippen molar-refractivity contribution in [3.05, 3.63) is 32.8 Å². The van der Waals surface area contributed by atoms with Crippen LogP contribution in [0.25, 0.3) is 0 Å². The van der Waals surface area contributed by atoms with Crippen molar-refractivity contribution in [2.75, 3.05) is 5.32 Å². The van der Waals surface area contributed by atoms with Crippen molar-refractivity contribution < 1.29 is 4.92 Å². The van der Waals surface area contributed by atoms with Gasteiger partial charge in [0, 0.05) is 22.6 Å². The molecule has 0 amide bonds. The first kappa shape index (κ1) is 14.3. The van der Waals surface area contributed by atoms with Crippen LogP contribution in [-0.4, -0.2) is 11.0 Å². The van der Waals surface area contributed by atoms with Crippen LogP contribution in [0, 0.1) is 16.0 Å². The molecule has 0 spiro atoms. The summed E-state index contributed by atoms with van der Waals surface area (Å²) in [7, 11) is 0. The van der Waals surface area contributed by atoms with Gasteiger partial charge in [-0.05, 0) is 47.7 Å². The molecule has 0 aromatic heterocycles. The fraction of sp³-hybridized carbons (Fsp3) is 0.571. The van der Waals surface area contributed by atoms with E-state index >= 15 is 0 Å². The predicted octanol–water partition coefficient (Wildman–Crippen LogP) is 4.74. The number of rotatable bonds is 4. The van der Waals surface area contributed by atoms with E-state index in [1.807, 2.05) is 0 Å². The van der Waals surface area contributed by atoms with Crippen LogP contribution in [0.5, 0.6) is 0 Å². The van der Waals surface area contributed by atoms with Crippen LogP contribution in [0.4, 0.5) is 11.4 Å². The summed E-state index contributed by atoms with van der Waals surface area (Å²) in [6.45, 7) is 2.17. The van der Waals surface area contributed by atoms with Crippen molar-refractivity contribution in [2.45, 2.75) is 45.1 Å². The zero-order valence-corrected chi connectivity index (χ0v) is 12.6. The van der Waals surface area contributed by atoms with E-state index in [1.54, 1.807) is 12.1 Å². The molecule has 1 aliphatic carbocycles. The monoisotopic (exact) mass is 326 g/mol. The summed E-state index contributed by atoms with van der Waals surface area (Å²) >= 11 is 3.45. The number of non-ortho nitro benzene ring substituents is 1. The molecule has 1 aliphatic rings. The maximum absolute atomic E-state index is 10.8. The smallest absolute Gasteiger partial charge is 0.271 e. The number of anilines is 1. The van der Waals surface area contributed by atoms with E-state index in [0.29, 0.717) is 12.0 Å². The molecule has 2 rings (SSSR count). The van der Waals surface area contributed by atoms with Gasteiger partial charge >= 0.3 is 0 Å². The normalized spacial score (nSPS) is 18.0. The lowest BCUT2D eigenvalue weighted by Gasteiger charge is -2.29. The quantitative estimate of drug-likeness (QED) is 0.642. The Balaban J connectivity index is 2.08. The number of halogens is 1. The van der Waals surface area contributed by atoms with E-state index in [9.17, 15) is 10.1 Å². The van der Waals surface area contributed by atoms with E-state index < -0.39 is 0 Å². The fourth-order valence-corrected chi connectivity index (χ4v) is 3.10. The van der Waals surface area contributed by atoms with Crippen molar-refractivity contribution in [1.82, 2.24) is 0 Å². The number of nitrogens with zero attached hydrogens (tertiary/aromatic N) is 1. The first-order valence-electron chi connectivity index (χ1n) is 6.78. The van der Waals surface area contributed by atoms with E-state index in [4.69, 9.17) is 0 Å². The largest absolute Gasteiger partial charge is 0.381 e. The van der Waals surface area contributed by atoms with Gasteiger partial charge in [-0.25, -0.2) is 0 Å². The number of nitro benzene ring substituents is 1. The van der Waals surface area contributed by atoms with Crippen molar-refractivity contribution >= 4 is 27.3 Å². The van der Waals surface area contributed by atoms with Gasteiger partial charge < -0.3 is 5.32 Å². The zero-order valence-electron chi connectivity index (χ0n) is 11.1. The molecule has 1 unspecified atom stereocenters. The van der Waals surface area contributed by atoms with Crippen molar-refractivity contribution in [1.29, 1.82) is 0 Å². The SMILES string of the molecule is CC(Nc1cc([N+](=O)[O-])ccc1Br)C1CCCCC1. The van der Waals surface area contributed by atoms with Gasteiger partial charge in [-0.2, -0.15) is 0 Å². The summed E-state index contributed by atoms with van der Waals surface area (Å²) < 4.78 is 0.876. The highest BCUT2D eigenvalue weighted by Gasteiger charge is 2.21. The summed E-state index contributed by atoms with van der Waals surface area (Å²) in [5.41, 5.74) is 0.939. The number of hydrogen-bond donors (Lipinski definition) is 1. The summed E-state index contributed by atoms with van der Waals surface area (Å²) in [5, 5.41) is 14.2. The fourth-order valence-electron chi connectivity index (χ4n) is 2.73. The highest BCUT2D eigenvalue weighted by atomic mass is 79.9. The van der Waals surface area contributed by atoms with E-state index in [0.717, 1.165) is 10.2 Å². The van der Waals surface area contributed by atoms with Gasteiger partial charge in [-0.3, -0.25) is 10.1 Å². The Morgan fingerprint density at radius 2 is 2.05 bits per heavy atom. The second-order valence-electron chi connectivity index (χ2n) is 5.25. The molecule has 1 atom stereocenters. The third kappa shape index (κ3) is 3.69. The molecule has 1 saturated carbocycles. The third-order valence-electron chi connectivity index (χ3n) is 3.90. The molecule has 0 radical (unpaired) electrons. The third-order valence-corrected chi connectivity index (χ3v) is 4.59. The van der Waals surface area contributed by atoms with Crippen LogP contribution in [0.15, 0.2) is 22.7 Å². The molecule has 1 N–H and O–H groups in total. The second-order valence-corrected chi connectivity index (χ2v) is 6.11. The first-order valence-corrected chi connectivity index (χ1v) is 7.57. The predicted molar refractivity (Wildman–Crippen MR) is 80.5 cm³/mol. The Labute approximate surface area is 121 Å². The van der Waals surface area contributed by atoms with Crippen LogP contribution < -0.4 is 5.32 Å². The van der Waals surface area contributed by atoms with Gasteiger partial charge in [0.2, 0.25) is 0 Å². The van der Waals surface area contributed by atoms with E-state index in [2.05, 4.69) is 28.2 Å². The molecule has 0 bridgehead atoms. The lowest BCUT2D eigenvalue weighted by atomic mass is 9.84. The van der Waals surface area contributed by atoms with Gasteiger partial charge in [-0.15, -0.1) is 0 Å². The van der Waals surface area contributed by atoms with Gasteiger partial charge in [0.1, 0.15) is 0 Å². The standard InChI is InChI=1S/C14H19BrN2O2/c1-10(11-5-3-2-4-6-11)16-14-9-12(17(18)19)7-8-13(14)15/h7-11,16H,2-6H2,1H3. The summed E-state index contributed by atoms with van der Waals surface area (Å²) in [6.07, 6.45) is 6.44. The molecule has 0 aliphatic heterocycles. The lowest BCUT2D eigenvalue weighted by Crippen LogP contribution is -2.27. The van der Waals surface area contributed by atoms with Gasteiger partial charge in [0.25, 0.3) is 5.69 Å². The molecular weight excluding hydrogens is 308 g/mol. The van der Waals surface area contributed by atoms with Crippen LogP contribution in [0.3, 0.4) is 0 Å². The maximum atomic E-state index is 10.8. The molecule has 1 aromatic rings. The highest BCUT2D eigenvalue weighted by Crippen LogP contribution is 2.32. The summed E-state index contributed by atoms with van der Waals surface area (Å²) in [6, 6.07) is 5.19. The zero-order chi connectivity index (χ0) is 13.8. The second kappa shape index (κ2) is 6.37. The minimum absolute atomic E-state index is 0.126. The van der Waals surface area contributed by atoms with Gasteiger partial charge in [-0.1, -0.05) is 19.3 Å². The Morgan fingerprint density at radius 3 is 2.68 bits per heavy atom. The Morgan fingerprint density at radius 1 is 1.37 bits per heavy atom. The Kier molecular flexibility index (Phi) is 4.80. The first-order chi connectivity index (χ1) is 9.08. The lowest BCUT2D eigenvalue weighted by molar-refractivity contribution is -0.384. The number of nitrogens with one attached hydrogen (secondary N) is 1. The number of benzene rings is 1. The summed E-state index contributed by atoms with van der Waals surface area (Å²) in [5.74, 6) is 0.667. The number of nitro groups is 1. The van der Waals surface area contributed by atoms with Gasteiger partial charge in [0.15, 0.2) is 0 Å². The van der Waals surface area contributed by atoms with Crippen molar-refractivity contribution in [3.63, 3.8) is 0 Å². The maximum Gasteiger partial charge on any atom is 0.271 e. The van der Waals surface area contributed by atoms with E-state index in [-0.39, 0.29) is 10.6 Å². The van der Waals surface area contributed by atoms with Crippen LogP contribution >= 0.6 is 15.9 Å². The molecule has 1 aromatic carbocycles. The molecule has 5 heteroatoms. The van der Waals surface area contributed by atoms with Crippen LogP contribution in [0.1, 0.15) is 39.0 Å². The Bertz CT molecular complexity index is 459. The average Bonchev–Trinajstić information content (AvgIpc) is 2.42. The van der Waals surface area contributed by atoms with Gasteiger partial charge in [0.05, 0.1) is 10.6 Å². The molecular formula is C14H19BrN2O2. The number of hydrogen-bond acceptors (Lipinski definition) is 3. The van der Waals surface area contributed by atoms with Crippen LogP contribution in [0.2, 0.25) is 0 Å². The van der Waals surface area contributed by atoms with E-state index in [1.165, 1.54) is 38.2 Å². The average molecular weight is 327 g/mol.